The molecule has 4 rings (SSSR count). The zero-order chi connectivity index (χ0) is 16.9. The summed E-state index contributed by atoms with van der Waals surface area (Å²) in [5.74, 6) is 1.02. The molecule has 3 heterocycles. The first kappa shape index (κ1) is 16.4. The van der Waals surface area contributed by atoms with E-state index in [1.165, 1.54) is 31.2 Å². The summed E-state index contributed by atoms with van der Waals surface area (Å²) < 4.78 is 4.59. The van der Waals surface area contributed by atoms with Crippen molar-refractivity contribution in [3.05, 3.63) is 67.5 Å². The van der Waals surface area contributed by atoms with Crippen LogP contribution in [0.1, 0.15) is 43.3 Å². The molecule has 130 valence electrons. The van der Waals surface area contributed by atoms with Crippen LogP contribution in [-0.4, -0.2) is 29.3 Å². The number of hydrogen-bond donors (Lipinski definition) is 0. The van der Waals surface area contributed by atoms with Gasteiger partial charge in [0.1, 0.15) is 0 Å². The normalized spacial score (nSPS) is 24.1. The lowest BCUT2D eigenvalue weighted by Gasteiger charge is -2.33. The summed E-state index contributed by atoms with van der Waals surface area (Å²) in [6, 6.07) is 5.05. The lowest BCUT2D eigenvalue weighted by atomic mass is 10.0. The number of rotatable bonds is 5. The minimum atomic E-state index is 0.394. The molecule has 0 radical (unpaired) electrons. The van der Waals surface area contributed by atoms with Crippen molar-refractivity contribution in [1.82, 2.24) is 24.1 Å². The summed E-state index contributed by atoms with van der Waals surface area (Å²) >= 11 is 2.06. The van der Waals surface area contributed by atoms with Gasteiger partial charge < -0.3 is 9.13 Å². The fourth-order valence-corrected chi connectivity index (χ4v) is 5.23. The van der Waals surface area contributed by atoms with Gasteiger partial charge in [0.05, 0.1) is 24.7 Å². The maximum absolute atomic E-state index is 4.32. The highest BCUT2D eigenvalue weighted by molar-refractivity contribution is 7.99. The molecule has 0 saturated heterocycles. The molecular weight excluding hydrogens is 330 g/mol. The van der Waals surface area contributed by atoms with Crippen LogP contribution in [0.5, 0.6) is 0 Å². The lowest BCUT2D eigenvalue weighted by molar-refractivity contribution is 0.313. The Morgan fingerprint density at radius 3 is 2.32 bits per heavy atom. The van der Waals surface area contributed by atoms with Crippen LogP contribution in [0, 0.1) is 0 Å². The summed E-state index contributed by atoms with van der Waals surface area (Å²) in [6.45, 7) is 0. The Hall–Kier alpha value is -2.08. The summed E-state index contributed by atoms with van der Waals surface area (Å²) in [7, 11) is 0. The Bertz CT molecular complexity index is 741. The van der Waals surface area contributed by atoms with Gasteiger partial charge >= 0.3 is 0 Å². The fourth-order valence-electron chi connectivity index (χ4n) is 3.78. The molecule has 1 fully saturated rings. The van der Waals surface area contributed by atoms with Crippen LogP contribution in [0.25, 0.3) is 0 Å². The number of imidazole rings is 2. The van der Waals surface area contributed by atoms with Crippen molar-refractivity contribution < 1.29 is 0 Å². The molecule has 0 N–H and O–H groups in total. The molecule has 3 aromatic heterocycles. The molecule has 0 aromatic carbocycles. The molecule has 0 bridgehead atoms. The van der Waals surface area contributed by atoms with Crippen molar-refractivity contribution in [2.75, 3.05) is 0 Å². The van der Waals surface area contributed by atoms with Crippen molar-refractivity contribution in [3.63, 3.8) is 0 Å². The van der Waals surface area contributed by atoms with Gasteiger partial charge in [-0.3, -0.25) is 4.98 Å². The van der Waals surface area contributed by atoms with Crippen LogP contribution in [0.3, 0.4) is 0 Å². The monoisotopic (exact) mass is 353 g/mol. The molecule has 3 unspecified atom stereocenters. The van der Waals surface area contributed by atoms with E-state index in [0.717, 1.165) is 5.75 Å². The standard InChI is InChI=1S/C19H23N5S/c1-2-4-18(25-13-16-5-7-20-8-6-16)19(24-12-10-22-15-24)17(3-1)23-11-9-21-14-23/h5-12,14-15,17-19H,1-4,13H2. The fraction of sp³-hybridized carbons (Fsp3) is 0.421. The number of aromatic nitrogens is 5. The third kappa shape index (κ3) is 3.79. The Balaban J connectivity index is 1.60. The van der Waals surface area contributed by atoms with Crippen molar-refractivity contribution >= 4 is 11.8 Å². The van der Waals surface area contributed by atoms with E-state index < -0.39 is 0 Å². The molecule has 1 aliphatic rings. The first-order valence-corrected chi connectivity index (χ1v) is 9.92. The highest BCUT2D eigenvalue weighted by Crippen LogP contribution is 2.42. The summed E-state index contributed by atoms with van der Waals surface area (Å²) in [5.41, 5.74) is 1.34. The number of pyridine rings is 1. The zero-order valence-electron chi connectivity index (χ0n) is 14.2. The van der Waals surface area contributed by atoms with Crippen LogP contribution in [0.4, 0.5) is 0 Å². The molecule has 5 nitrogen and oxygen atoms in total. The van der Waals surface area contributed by atoms with Gasteiger partial charge in [0.25, 0.3) is 0 Å². The first-order chi connectivity index (χ1) is 12.4. The van der Waals surface area contributed by atoms with Gasteiger partial charge in [0.15, 0.2) is 0 Å². The molecule has 1 saturated carbocycles. The van der Waals surface area contributed by atoms with Gasteiger partial charge in [-0.1, -0.05) is 12.8 Å². The predicted molar refractivity (Wildman–Crippen MR) is 100 cm³/mol. The van der Waals surface area contributed by atoms with Crippen molar-refractivity contribution in [2.24, 2.45) is 0 Å². The van der Waals surface area contributed by atoms with E-state index >= 15 is 0 Å². The third-order valence-electron chi connectivity index (χ3n) is 5.00. The topological polar surface area (TPSA) is 48.5 Å². The smallest absolute Gasteiger partial charge is 0.0949 e. The van der Waals surface area contributed by atoms with Crippen LogP contribution in [0.15, 0.2) is 62.0 Å². The average Bonchev–Trinajstić information content (AvgIpc) is 3.33. The van der Waals surface area contributed by atoms with Gasteiger partial charge in [-0.15, -0.1) is 0 Å². The van der Waals surface area contributed by atoms with E-state index in [9.17, 15) is 0 Å². The second kappa shape index (κ2) is 7.87. The Morgan fingerprint density at radius 1 is 0.880 bits per heavy atom. The van der Waals surface area contributed by atoms with Gasteiger partial charge in [0, 0.05) is 48.2 Å². The summed E-state index contributed by atoms with van der Waals surface area (Å²) in [5, 5.41) is 0.553. The minimum Gasteiger partial charge on any atom is -0.332 e. The third-order valence-corrected chi connectivity index (χ3v) is 6.45. The SMILES string of the molecule is c1cc(CSC2CCCCC(n3ccnc3)C2n2ccnc2)ccn1. The molecule has 6 heteroatoms. The minimum absolute atomic E-state index is 0.394. The Labute approximate surface area is 152 Å². The number of nitrogens with zero attached hydrogens (tertiary/aromatic N) is 5. The van der Waals surface area contributed by atoms with Gasteiger partial charge in [0.2, 0.25) is 0 Å². The summed E-state index contributed by atoms with van der Waals surface area (Å²) in [4.78, 5) is 12.7. The number of thioether (sulfide) groups is 1. The van der Waals surface area contributed by atoms with E-state index in [1.54, 1.807) is 0 Å². The van der Waals surface area contributed by atoms with E-state index in [2.05, 4.69) is 60.4 Å². The maximum atomic E-state index is 4.32. The van der Waals surface area contributed by atoms with Crippen LogP contribution < -0.4 is 0 Å². The van der Waals surface area contributed by atoms with Crippen LogP contribution in [-0.2, 0) is 5.75 Å². The molecule has 1 aliphatic carbocycles. The largest absolute Gasteiger partial charge is 0.332 e. The molecule has 3 aromatic rings. The van der Waals surface area contributed by atoms with E-state index in [0.29, 0.717) is 17.3 Å². The van der Waals surface area contributed by atoms with Crippen molar-refractivity contribution in [1.29, 1.82) is 0 Å². The quantitative estimate of drug-likeness (QED) is 0.647. The molecule has 0 spiro atoms. The number of hydrogen-bond acceptors (Lipinski definition) is 4. The molecule has 25 heavy (non-hydrogen) atoms. The summed E-state index contributed by atoms with van der Waals surface area (Å²) in [6.07, 6.45) is 20.7. The molecular formula is C19H23N5S. The van der Waals surface area contributed by atoms with E-state index in [-0.39, 0.29) is 0 Å². The molecule has 3 atom stereocenters. The second-order valence-corrected chi connectivity index (χ2v) is 7.79. The molecule has 0 aliphatic heterocycles. The Kier molecular flexibility index (Phi) is 5.16. The van der Waals surface area contributed by atoms with Gasteiger partial charge in [-0.25, -0.2) is 9.97 Å². The maximum Gasteiger partial charge on any atom is 0.0949 e. The zero-order valence-corrected chi connectivity index (χ0v) is 15.0. The lowest BCUT2D eigenvalue weighted by Crippen LogP contribution is -2.29. The highest BCUT2D eigenvalue weighted by Gasteiger charge is 2.34. The highest BCUT2D eigenvalue weighted by atomic mass is 32.2. The Morgan fingerprint density at radius 2 is 1.60 bits per heavy atom. The van der Waals surface area contributed by atoms with Crippen molar-refractivity contribution in [2.45, 2.75) is 48.8 Å². The van der Waals surface area contributed by atoms with Crippen LogP contribution >= 0.6 is 11.8 Å². The molecule has 0 amide bonds. The van der Waals surface area contributed by atoms with E-state index in [4.69, 9.17) is 0 Å². The second-order valence-electron chi connectivity index (χ2n) is 6.57. The first-order valence-electron chi connectivity index (χ1n) is 8.87. The predicted octanol–water partition coefficient (Wildman–Crippen LogP) is 4.13. The average molecular weight is 353 g/mol. The van der Waals surface area contributed by atoms with Gasteiger partial charge in [-0.2, -0.15) is 11.8 Å². The van der Waals surface area contributed by atoms with E-state index in [1.807, 2.05) is 37.4 Å². The van der Waals surface area contributed by atoms with Crippen molar-refractivity contribution in [3.8, 4) is 0 Å². The van der Waals surface area contributed by atoms with Gasteiger partial charge in [-0.05, 0) is 30.5 Å². The van der Waals surface area contributed by atoms with Crippen LogP contribution in [0.2, 0.25) is 0 Å².